The summed E-state index contributed by atoms with van der Waals surface area (Å²) in [6.07, 6.45) is 0.908. The minimum atomic E-state index is -0.293. The lowest BCUT2D eigenvalue weighted by Gasteiger charge is -2.29. The summed E-state index contributed by atoms with van der Waals surface area (Å²) in [4.78, 5) is 25.7. The molecule has 2 aromatic carbocycles. The summed E-state index contributed by atoms with van der Waals surface area (Å²) >= 11 is 5.75. The number of imide groups is 1. The van der Waals surface area contributed by atoms with Gasteiger partial charge in [-0.05, 0) is 35.2 Å². The highest BCUT2D eigenvalue weighted by Gasteiger charge is 2.35. The van der Waals surface area contributed by atoms with Gasteiger partial charge in [0.05, 0.1) is 6.04 Å². The fourth-order valence-corrected chi connectivity index (χ4v) is 4.04. The lowest BCUT2D eigenvalue weighted by molar-refractivity contribution is -0.137. The fourth-order valence-electron chi connectivity index (χ4n) is 3.87. The second-order valence-electron chi connectivity index (χ2n) is 7.23. The molecule has 0 bridgehead atoms. The maximum absolute atomic E-state index is 14.2. The molecule has 2 amide bonds. The van der Waals surface area contributed by atoms with Crippen molar-refractivity contribution in [3.63, 3.8) is 0 Å². The number of rotatable bonds is 5. The van der Waals surface area contributed by atoms with E-state index in [4.69, 9.17) is 11.6 Å². The average Bonchev–Trinajstić information content (AvgIpc) is 3.11. The van der Waals surface area contributed by atoms with Crippen LogP contribution in [0.5, 0.6) is 0 Å². The molecule has 4 rings (SSSR count). The van der Waals surface area contributed by atoms with Crippen molar-refractivity contribution < 1.29 is 14.0 Å². The maximum atomic E-state index is 14.2. The number of anilines is 1. The quantitative estimate of drug-likeness (QED) is 0.596. The first-order chi connectivity index (χ1) is 13.5. The summed E-state index contributed by atoms with van der Waals surface area (Å²) in [6.45, 7) is 1.65. The van der Waals surface area contributed by atoms with Gasteiger partial charge in [0.1, 0.15) is 5.82 Å². The second kappa shape index (κ2) is 7.89. The Morgan fingerprint density at radius 1 is 1.21 bits per heavy atom. The second-order valence-corrected chi connectivity index (χ2v) is 7.50. The number of carbonyl (C=O) groups is 2. The third-order valence-electron chi connectivity index (χ3n) is 5.40. The van der Waals surface area contributed by atoms with Gasteiger partial charge in [0.15, 0.2) is 0 Å². The molecular formula is C21H21ClFN3O2. The van der Waals surface area contributed by atoms with Crippen molar-refractivity contribution in [2.75, 3.05) is 5.32 Å². The van der Waals surface area contributed by atoms with Crippen LogP contribution >= 0.6 is 11.6 Å². The van der Waals surface area contributed by atoms with Crippen LogP contribution in [0.4, 0.5) is 10.1 Å². The molecule has 0 saturated carbocycles. The zero-order valence-electron chi connectivity index (χ0n) is 15.3. The molecule has 1 fully saturated rings. The van der Waals surface area contributed by atoms with Crippen molar-refractivity contribution in [3.8, 4) is 0 Å². The Balaban J connectivity index is 1.47. The molecule has 146 valence electrons. The monoisotopic (exact) mass is 401 g/mol. The zero-order chi connectivity index (χ0) is 19.7. The van der Waals surface area contributed by atoms with E-state index in [1.54, 1.807) is 6.07 Å². The predicted molar refractivity (Wildman–Crippen MR) is 105 cm³/mol. The number of carbonyl (C=O) groups excluding carboxylic acids is 2. The molecule has 1 saturated heterocycles. The van der Waals surface area contributed by atoms with Crippen LogP contribution in [-0.4, -0.2) is 22.8 Å². The summed E-state index contributed by atoms with van der Waals surface area (Å²) in [5.41, 5.74) is 4.53. The molecule has 1 atom stereocenters. The largest absolute Gasteiger partial charge is 0.381 e. The van der Waals surface area contributed by atoms with Gasteiger partial charge in [-0.25, -0.2) is 4.39 Å². The van der Waals surface area contributed by atoms with Crippen LogP contribution in [0.25, 0.3) is 0 Å². The predicted octanol–water partition coefficient (Wildman–Crippen LogP) is 3.30. The molecule has 2 heterocycles. The van der Waals surface area contributed by atoms with E-state index in [0.717, 1.165) is 22.4 Å². The minimum Gasteiger partial charge on any atom is -0.381 e. The van der Waals surface area contributed by atoms with Crippen LogP contribution in [0.3, 0.4) is 0 Å². The highest BCUT2D eigenvalue weighted by atomic mass is 35.5. The number of halogens is 2. The summed E-state index contributed by atoms with van der Waals surface area (Å²) in [7, 11) is 0. The Morgan fingerprint density at radius 3 is 2.82 bits per heavy atom. The van der Waals surface area contributed by atoms with Crippen molar-refractivity contribution in [1.29, 1.82) is 0 Å². The van der Waals surface area contributed by atoms with Gasteiger partial charge in [0.2, 0.25) is 11.8 Å². The van der Waals surface area contributed by atoms with Crippen molar-refractivity contribution in [3.05, 3.63) is 64.5 Å². The number of nitrogens with one attached hydrogen (secondary N) is 2. The highest BCUT2D eigenvalue weighted by molar-refractivity contribution is 6.17. The molecule has 0 radical (unpaired) electrons. The number of piperidine rings is 1. The third-order valence-corrected chi connectivity index (χ3v) is 5.71. The highest BCUT2D eigenvalue weighted by Crippen LogP contribution is 2.32. The smallest absolute Gasteiger partial charge is 0.243 e. The Morgan fingerprint density at radius 2 is 2.07 bits per heavy atom. The summed E-state index contributed by atoms with van der Waals surface area (Å²) in [5, 5.41) is 5.75. The molecule has 2 aliphatic heterocycles. The molecule has 7 heteroatoms. The van der Waals surface area contributed by atoms with Crippen LogP contribution in [0.2, 0.25) is 0 Å². The molecule has 0 spiro atoms. The van der Waals surface area contributed by atoms with Crippen LogP contribution in [0, 0.1) is 5.82 Å². The van der Waals surface area contributed by atoms with Gasteiger partial charge < -0.3 is 5.32 Å². The van der Waals surface area contributed by atoms with Crippen molar-refractivity contribution in [2.45, 2.75) is 44.4 Å². The molecule has 0 aliphatic carbocycles. The van der Waals surface area contributed by atoms with E-state index in [2.05, 4.69) is 15.5 Å². The van der Waals surface area contributed by atoms with Crippen LogP contribution < -0.4 is 10.6 Å². The lowest BCUT2D eigenvalue weighted by Crippen LogP contribution is -2.50. The third kappa shape index (κ3) is 3.75. The minimum absolute atomic E-state index is 0.206. The lowest BCUT2D eigenvalue weighted by atomic mass is 10.0. The normalized spacial score (nSPS) is 19.4. The fraction of sp³-hybridized carbons (Fsp3) is 0.333. The van der Waals surface area contributed by atoms with E-state index in [0.29, 0.717) is 38.0 Å². The molecule has 28 heavy (non-hydrogen) atoms. The van der Waals surface area contributed by atoms with Gasteiger partial charge in [-0.15, -0.1) is 11.6 Å². The maximum Gasteiger partial charge on any atom is 0.243 e. The van der Waals surface area contributed by atoms with Gasteiger partial charge in [0, 0.05) is 43.2 Å². The number of hydrogen-bond acceptors (Lipinski definition) is 4. The number of alkyl halides is 1. The van der Waals surface area contributed by atoms with Gasteiger partial charge in [-0.1, -0.05) is 24.3 Å². The standard InChI is InChI=1S/C21H21ClFN3O2/c22-9-13-4-5-14(17(23)8-13)10-24-18-3-1-2-15-11-26(12-16(15)18)19-6-7-20(27)25-21(19)28/h1-5,8,19,24H,6-7,9-12H2,(H,25,27,28)/t19-/m0/s1. The van der Waals surface area contributed by atoms with E-state index < -0.39 is 0 Å². The Kier molecular flexibility index (Phi) is 5.33. The first-order valence-corrected chi connectivity index (χ1v) is 9.84. The average molecular weight is 402 g/mol. The van der Waals surface area contributed by atoms with Gasteiger partial charge in [-0.3, -0.25) is 19.8 Å². The van der Waals surface area contributed by atoms with Gasteiger partial charge >= 0.3 is 0 Å². The number of benzene rings is 2. The zero-order valence-corrected chi connectivity index (χ0v) is 16.1. The molecule has 2 aromatic rings. The topological polar surface area (TPSA) is 61.4 Å². The first-order valence-electron chi connectivity index (χ1n) is 9.31. The van der Waals surface area contributed by atoms with Gasteiger partial charge in [-0.2, -0.15) is 0 Å². The Hall–Kier alpha value is -2.44. The molecule has 0 unspecified atom stereocenters. The van der Waals surface area contributed by atoms with Crippen molar-refractivity contribution in [1.82, 2.24) is 10.2 Å². The molecule has 5 nitrogen and oxygen atoms in total. The van der Waals surface area contributed by atoms with E-state index >= 15 is 0 Å². The number of amides is 2. The molecular weight excluding hydrogens is 381 g/mol. The SMILES string of the molecule is O=C1CC[C@H](N2Cc3cccc(NCc4ccc(CCl)cc4F)c3C2)C(=O)N1. The molecule has 0 aromatic heterocycles. The molecule has 2 N–H and O–H groups in total. The number of fused-ring (bicyclic) bond motifs is 1. The summed E-state index contributed by atoms with van der Waals surface area (Å²) < 4.78 is 14.2. The number of nitrogens with zero attached hydrogens (tertiary/aromatic N) is 1. The first kappa shape index (κ1) is 18.9. The van der Waals surface area contributed by atoms with Crippen molar-refractivity contribution >= 4 is 29.1 Å². The summed E-state index contributed by atoms with van der Waals surface area (Å²) in [5.74, 6) is -0.418. The van der Waals surface area contributed by atoms with Gasteiger partial charge in [0.25, 0.3) is 0 Å². The van der Waals surface area contributed by atoms with E-state index in [1.807, 2.05) is 24.3 Å². The Bertz CT molecular complexity index is 934. The summed E-state index contributed by atoms with van der Waals surface area (Å²) in [6, 6.07) is 10.7. The van der Waals surface area contributed by atoms with Crippen molar-refractivity contribution in [2.24, 2.45) is 0 Å². The van der Waals surface area contributed by atoms with Crippen LogP contribution in [0.15, 0.2) is 36.4 Å². The molecule has 2 aliphatic rings. The Labute approximate surface area is 167 Å². The number of hydrogen-bond donors (Lipinski definition) is 2. The van der Waals surface area contributed by atoms with E-state index in [9.17, 15) is 14.0 Å². The van der Waals surface area contributed by atoms with Crippen LogP contribution in [-0.2, 0) is 35.1 Å². The van der Waals surface area contributed by atoms with Crippen LogP contribution in [0.1, 0.15) is 35.1 Å². The van der Waals surface area contributed by atoms with E-state index in [1.165, 1.54) is 6.07 Å². The van der Waals surface area contributed by atoms with E-state index in [-0.39, 0.29) is 29.6 Å².